The van der Waals surface area contributed by atoms with E-state index in [0.717, 1.165) is 43.9 Å². The lowest BCUT2D eigenvalue weighted by Gasteiger charge is -2.39. The highest BCUT2D eigenvalue weighted by Gasteiger charge is 2.45. The number of carboxylic acids is 4. The van der Waals surface area contributed by atoms with Crippen molar-refractivity contribution in [2.24, 2.45) is 17.6 Å². The molecule has 95 heavy (non-hydrogen) atoms. The molecule has 0 radical (unpaired) electrons. The van der Waals surface area contributed by atoms with Crippen LogP contribution in [0.25, 0.3) is 0 Å². The molecule has 534 valence electrons. The molecule has 12 unspecified atom stereocenters. The van der Waals surface area contributed by atoms with Crippen molar-refractivity contribution >= 4 is 94.8 Å². The Balaban J connectivity index is 2.15. The van der Waals surface area contributed by atoms with Gasteiger partial charge in [0, 0.05) is 32.2 Å². The molecule has 12 amide bonds. The standard InChI is InChI=1S/C61H100N14O20/c1-7-8-9-10-11-12-13-14-15-16-17-18-24-42(76)67-39(29-47(83)84)54(87)73-51-36(6)66-55(88)41-23-21-26-75(41)59(92)48(33(2)3)71-58(91)50(35(5)65-32-62)70-44(78)31-64-52(85)37(27-45(79)80)68-43(77)30-63-53(86)38(28-46(81)82)69-57(90)49(34(4)61(94)95)72-56(89)40-22-19-20-25-74(40)60(51)93/h33-41,48-51,65H,7-32,62H2,1-6H3,(H,63,86)(H,64,85)(H,66,88)(H,67,76)(H,68,77)(H,69,90)(H,70,78)(H,71,91)(H,72,89)(H,73,87)(H,79,80)(H,81,82)(H,83,84)(H,94,95). The maximum absolute atomic E-state index is 15.3. The summed E-state index contributed by atoms with van der Waals surface area (Å²) < 4.78 is 0. The van der Waals surface area contributed by atoms with Gasteiger partial charge in [-0.25, -0.2) is 0 Å². The summed E-state index contributed by atoms with van der Waals surface area (Å²) in [5.41, 5.74) is 5.72. The summed E-state index contributed by atoms with van der Waals surface area (Å²) in [6.45, 7) is 6.49. The van der Waals surface area contributed by atoms with E-state index in [0.29, 0.717) is 12.8 Å². The van der Waals surface area contributed by atoms with Crippen LogP contribution in [0, 0.1) is 11.8 Å². The largest absolute Gasteiger partial charge is 0.481 e. The topological polar surface area (TPSA) is 519 Å². The van der Waals surface area contributed by atoms with Crippen LogP contribution in [0.3, 0.4) is 0 Å². The molecule has 34 heteroatoms. The number of unbranched alkanes of at least 4 members (excludes halogenated alkanes) is 11. The Kier molecular flexibility index (Phi) is 35.1. The minimum atomic E-state index is -2.14. The number of rotatable bonds is 28. The number of hydrogen-bond donors (Lipinski definition) is 16. The molecule has 3 fully saturated rings. The number of carboxylic acid groups (broad SMARTS) is 4. The molecule has 17 N–H and O–H groups in total. The van der Waals surface area contributed by atoms with Crippen LogP contribution in [0.4, 0.5) is 0 Å². The van der Waals surface area contributed by atoms with Gasteiger partial charge in [0.2, 0.25) is 70.9 Å². The number of nitrogens with two attached hydrogens (primary N) is 1. The fourth-order valence-corrected chi connectivity index (χ4v) is 11.3. The second-order valence-electron chi connectivity index (χ2n) is 24.8. The molecule has 3 aliphatic heterocycles. The number of carbonyl (C=O) groups is 16. The van der Waals surface area contributed by atoms with Crippen LogP contribution in [0.1, 0.15) is 176 Å². The van der Waals surface area contributed by atoms with Crippen molar-refractivity contribution in [2.45, 2.75) is 243 Å². The van der Waals surface area contributed by atoms with Gasteiger partial charge in [0.25, 0.3) is 0 Å². The molecule has 3 aliphatic rings. The first-order valence-corrected chi connectivity index (χ1v) is 32.8. The van der Waals surface area contributed by atoms with Crippen molar-refractivity contribution in [2.75, 3.05) is 32.8 Å². The second-order valence-corrected chi connectivity index (χ2v) is 24.8. The summed E-state index contributed by atoms with van der Waals surface area (Å²) in [6.07, 6.45) is 9.33. The average molecular weight is 1350 g/mol. The second kappa shape index (κ2) is 41.3. The van der Waals surface area contributed by atoms with Gasteiger partial charge in [-0.3, -0.25) is 82.0 Å². The molecule has 0 aromatic carbocycles. The fourth-order valence-electron chi connectivity index (χ4n) is 11.3. The first kappa shape index (κ1) is 80.7. The third-order valence-electron chi connectivity index (χ3n) is 16.8. The summed E-state index contributed by atoms with van der Waals surface area (Å²) >= 11 is 0. The monoisotopic (exact) mass is 1350 g/mol. The lowest BCUT2D eigenvalue weighted by atomic mass is 9.96. The normalized spacial score (nSPS) is 24.6. The van der Waals surface area contributed by atoms with Crippen LogP contribution < -0.4 is 64.2 Å². The highest BCUT2D eigenvalue weighted by Crippen LogP contribution is 2.24. The highest BCUT2D eigenvalue weighted by atomic mass is 16.4. The van der Waals surface area contributed by atoms with E-state index in [4.69, 9.17) is 5.73 Å². The van der Waals surface area contributed by atoms with Crippen LogP contribution in [0.5, 0.6) is 0 Å². The van der Waals surface area contributed by atoms with Crippen LogP contribution in [0.15, 0.2) is 0 Å². The molecule has 0 aromatic rings. The lowest BCUT2D eigenvalue weighted by Crippen LogP contribution is -2.66. The summed E-state index contributed by atoms with van der Waals surface area (Å²) in [5, 5.41) is 65.6. The van der Waals surface area contributed by atoms with Crippen LogP contribution in [-0.2, 0) is 76.7 Å². The summed E-state index contributed by atoms with van der Waals surface area (Å²) in [4.78, 5) is 220. The lowest BCUT2D eigenvalue weighted by molar-refractivity contribution is -0.150. The van der Waals surface area contributed by atoms with E-state index in [1.165, 1.54) is 50.9 Å². The third kappa shape index (κ3) is 27.4. The summed E-state index contributed by atoms with van der Waals surface area (Å²) in [6, 6.07) is -18.2. The van der Waals surface area contributed by atoms with Crippen molar-refractivity contribution in [1.82, 2.24) is 68.3 Å². The Morgan fingerprint density at radius 3 is 1.56 bits per heavy atom. The van der Waals surface area contributed by atoms with E-state index < -0.39 is 205 Å². The van der Waals surface area contributed by atoms with E-state index >= 15 is 4.79 Å². The molecule has 0 bridgehead atoms. The van der Waals surface area contributed by atoms with Crippen LogP contribution >= 0.6 is 0 Å². The quantitative estimate of drug-likeness (QED) is 0.0280. The number of hydrogen-bond acceptors (Lipinski definition) is 18. The van der Waals surface area contributed by atoms with Gasteiger partial charge in [0.1, 0.15) is 54.4 Å². The molecule has 34 nitrogen and oxygen atoms in total. The van der Waals surface area contributed by atoms with Crippen molar-refractivity contribution in [3.8, 4) is 0 Å². The van der Waals surface area contributed by atoms with E-state index in [1.807, 2.05) is 5.32 Å². The van der Waals surface area contributed by atoms with Gasteiger partial charge in [-0.05, 0) is 65.2 Å². The SMILES string of the molecule is CCCCCCCCCCCCCCC(=O)NC(CC(=O)O)C(=O)NC1C(=O)N2CCCCC2C(=O)NC(C(C)C(=O)O)C(=O)NC(CC(=O)O)C(=O)NCC(=O)NC(CC(=O)O)C(=O)NCC(=O)NC(C(C)NCN)C(=O)NC(C(C)C)C(=O)N2CCCC2C(=O)NC1C. The minimum absolute atomic E-state index is 0.0262. The van der Waals surface area contributed by atoms with Gasteiger partial charge in [0.05, 0.1) is 44.3 Å². The predicted octanol–water partition coefficient (Wildman–Crippen LogP) is -2.71. The minimum Gasteiger partial charge on any atom is -0.481 e. The molecule has 0 saturated carbocycles. The molecule has 3 saturated heterocycles. The highest BCUT2D eigenvalue weighted by molar-refractivity contribution is 6.01. The van der Waals surface area contributed by atoms with Crippen molar-refractivity contribution in [1.29, 1.82) is 0 Å². The first-order valence-electron chi connectivity index (χ1n) is 32.8. The van der Waals surface area contributed by atoms with Gasteiger partial charge in [-0.1, -0.05) is 91.4 Å². The third-order valence-corrected chi connectivity index (χ3v) is 16.8. The van der Waals surface area contributed by atoms with Gasteiger partial charge in [-0.2, -0.15) is 0 Å². The number of carbonyl (C=O) groups excluding carboxylic acids is 12. The number of amides is 12. The van der Waals surface area contributed by atoms with Crippen molar-refractivity contribution in [3.63, 3.8) is 0 Å². The van der Waals surface area contributed by atoms with Crippen molar-refractivity contribution < 1.29 is 97.1 Å². The molecule has 3 rings (SSSR count). The number of nitrogens with one attached hydrogen (secondary N) is 11. The fraction of sp³-hybridized carbons (Fsp3) is 0.738. The number of fused-ring (bicyclic) bond motifs is 2. The van der Waals surface area contributed by atoms with E-state index in [2.05, 4.69) is 60.1 Å². The molecular formula is C61H100N14O20. The molecule has 3 heterocycles. The zero-order valence-electron chi connectivity index (χ0n) is 55.2. The predicted molar refractivity (Wildman–Crippen MR) is 337 cm³/mol. The number of aliphatic carboxylic acids is 4. The van der Waals surface area contributed by atoms with Gasteiger partial charge in [0.15, 0.2) is 0 Å². The summed E-state index contributed by atoms with van der Waals surface area (Å²) in [7, 11) is 0. The Labute approximate surface area is 551 Å². The zero-order chi connectivity index (χ0) is 71.1. The molecule has 0 aromatic heterocycles. The van der Waals surface area contributed by atoms with Gasteiger partial charge >= 0.3 is 23.9 Å². The zero-order valence-corrected chi connectivity index (χ0v) is 55.2. The smallest absolute Gasteiger partial charge is 0.308 e. The van der Waals surface area contributed by atoms with E-state index in [1.54, 1.807) is 13.8 Å². The Hall–Kier alpha value is -8.56. The van der Waals surface area contributed by atoms with Crippen molar-refractivity contribution in [3.05, 3.63) is 0 Å². The first-order chi connectivity index (χ1) is 44.9. The maximum atomic E-state index is 15.3. The molecular weight excluding hydrogens is 1250 g/mol. The van der Waals surface area contributed by atoms with Crippen LogP contribution in [-0.4, -0.2) is 224 Å². The van der Waals surface area contributed by atoms with E-state index in [9.17, 15) is 92.3 Å². The summed E-state index contributed by atoms with van der Waals surface area (Å²) in [5.74, 6) is -22.2. The Morgan fingerprint density at radius 1 is 0.547 bits per heavy atom. The number of nitrogens with zero attached hydrogens (tertiary/aromatic N) is 2. The van der Waals surface area contributed by atoms with Crippen LogP contribution in [0.2, 0.25) is 0 Å². The molecule has 0 aliphatic carbocycles. The maximum Gasteiger partial charge on any atom is 0.308 e. The Bertz CT molecular complexity index is 2720. The van der Waals surface area contributed by atoms with E-state index in [-0.39, 0.29) is 58.3 Å². The average Bonchev–Trinajstić information content (AvgIpc) is 1.74. The van der Waals surface area contributed by atoms with Gasteiger partial charge in [-0.15, -0.1) is 0 Å². The molecule has 12 atom stereocenters. The van der Waals surface area contributed by atoms with Gasteiger partial charge < -0.3 is 89.1 Å². The molecule has 0 spiro atoms. The number of piperidine rings is 1. The Morgan fingerprint density at radius 2 is 1.03 bits per heavy atom.